The van der Waals surface area contributed by atoms with Crippen LogP contribution in [0.4, 0.5) is 0 Å². The minimum atomic E-state index is 0.752. The standard InChI is InChI=1S/C10H8BrNO/c11-9-3-12-10-2-7-5-13-4-6(7)1-8(9)10/h1-3,12H,4-5H2. The van der Waals surface area contributed by atoms with Gasteiger partial charge in [-0.1, -0.05) is 0 Å². The van der Waals surface area contributed by atoms with E-state index in [1.165, 1.54) is 22.0 Å². The van der Waals surface area contributed by atoms with Gasteiger partial charge >= 0.3 is 0 Å². The van der Waals surface area contributed by atoms with Gasteiger partial charge in [-0.2, -0.15) is 0 Å². The number of hydrogen-bond donors (Lipinski definition) is 1. The molecule has 0 spiro atoms. The third kappa shape index (κ3) is 1.04. The van der Waals surface area contributed by atoms with Crippen LogP contribution in [0, 0.1) is 0 Å². The van der Waals surface area contributed by atoms with Crippen LogP contribution >= 0.6 is 15.9 Å². The van der Waals surface area contributed by atoms with E-state index in [1.807, 2.05) is 6.20 Å². The molecule has 0 fully saturated rings. The van der Waals surface area contributed by atoms with E-state index < -0.39 is 0 Å². The maximum absolute atomic E-state index is 5.37. The topological polar surface area (TPSA) is 25.0 Å². The van der Waals surface area contributed by atoms with Crippen molar-refractivity contribution in [2.75, 3.05) is 0 Å². The Morgan fingerprint density at radius 1 is 1.23 bits per heavy atom. The molecule has 0 amide bonds. The van der Waals surface area contributed by atoms with Crippen molar-refractivity contribution in [1.82, 2.24) is 4.98 Å². The molecule has 2 nitrogen and oxygen atoms in total. The molecule has 66 valence electrons. The van der Waals surface area contributed by atoms with E-state index in [4.69, 9.17) is 4.74 Å². The summed E-state index contributed by atoms with van der Waals surface area (Å²) in [6, 6.07) is 4.36. The predicted octanol–water partition coefficient (Wildman–Crippen LogP) is 2.96. The predicted molar refractivity (Wildman–Crippen MR) is 54.5 cm³/mol. The van der Waals surface area contributed by atoms with Crippen molar-refractivity contribution >= 4 is 26.8 Å². The van der Waals surface area contributed by atoms with Crippen molar-refractivity contribution in [2.45, 2.75) is 13.2 Å². The molecule has 1 N–H and O–H groups in total. The van der Waals surface area contributed by atoms with Crippen LogP contribution in [0.2, 0.25) is 0 Å². The van der Waals surface area contributed by atoms with Crippen molar-refractivity contribution in [1.29, 1.82) is 0 Å². The van der Waals surface area contributed by atoms with Gasteiger partial charge in [0.15, 0.2) is 0 Å². The van der Waals surface area contributed by atoms with Crippen molar-refractivity contribution in [3.8, 4) is 0 Å². The quantitative estimate of drug-likeness (QED) is 0.749. The molecular formula is C10H8BrNO. The summed E-state index contributed by atoms with van der Waals surface area (Å²) in [7, 11) is 0. The molecule has 0 bridgehead atoms. The number of H-pyrrole nitrogens is 1. The number of ether oxygens (including phenoxy) is 1. The van der Waals surface area contributed by atoms with Gasteiger partial charge in [0.25, 0.3) is 0 Å². The number of hydrogen-bond acceptors (Lipinski definition) is 1. The lowest BCUT2D eigenvalue weighted by atomic mass is 10.1. The average Bonchev–Trinajstić information content (AvgIpc) is 2.70. The highest BCUT2D eigenvalue weighted by molar-refractivity contribution is 9.10. The summed E-state index contributed by atoms with van der Waals surface area (Å²) in [6.07, 6.45) is 1.97. The summed E-state index contributed by atoms with van der Waals surface area (Å²) in [5.41, 5.74) is 3.80. The Morgan fingerprint density at radius 3 is 2.85 bits per heavy atom. The molecule has 0 aliphatic carbocycles. The van der Waals surface area contributed by atoms with E-state index in [2.05, 4.69) is 33.0 Å². The number of fused-ring (bicyclic) bond motifs is 2. The fraction of sp³-hybridized carbons (Fsp3) is 0.200. The molecule has 0 unspecified atom stereocenters. The third-order valence-corrected chi connectivity index (χ3v) is 3.12. The molecule has 0 radical (unpaired) electrons. The van der Waals surface area contributed by atoms with Gasteiger partial charge < -0.3 is 9.72 Å². The first kappa shape index (κ1) is 7.59. The zero-order chi connectivity index (χ0) is 8.84. The van der Waals surface area contributed by atoms with Gasteiger partial charge in [-0.05, 0) is 39.2 Å². The van der Waals surface area contributed by atoms with Crippen LogP contribution in [0.25, 0.3) is 10.9 Å². The molecule has 0 saturated carbocycles. The van der Waals surface area contributed by atoms with Crippen LogP contribution in [-0.2, 0) is 18.0 Å². The van der Waals surface area contributed by atoms with Gasteiger partial charge in [0.1, 0.15) is 0 Å². The lowest BCUT2D eigenvalue weighted by Crippen LogP contribution is -1.81. The van der Waals surface area contributed by atoms with Gasteiger partial charge in [0.2, 0.25) is 0 Å². The SMILES string of the molecule is Brc1c[nH]c2cc3c(cc12)COC3. The Balaban J connectivity index is 2.38. The van der Waals surface area contributed by atoms with E-state index >= 15 is 0 Å². The number of aromatic nitrogens is 1. The van der Waals surface area contributed by atoms with Gasteiger partial charge in [0, 0.05) is 21.6 Å². The lowest BCUT2D eigenvalue weighted by Gasteiger charge is -1.97. The number of aromatic amines is 1. The van der Waals surface area contributed by atoms with Crippen LogP contribution < -0.4 is 0 Å². The van der Waals surface area contributed by atoms with E-state index in [9.17, 15) is 0 Å². The van der Waals surface area contributed by atoms with Crippen molar-refractivity contribution in [2.24, 2.45) is 0 Å². The Morgan fingerprint density at radius 2 is 2.00 bits per heavy atom. The monoisotopic (exact) mass is 237 g/mol. The maximum Gasteiger partial charge on any atom is 0.0725 e. The molecule has 2 heterocycles. The summed E-state index contributed by atoms with van der Waals surface area (Å²) in [5, 5.41) is 1.24. The van der Waals surface area contributed by atoms with Crippen molar-refractivity contribution in [3.63, 3.8) is 0 Å². The summed E-state index contributed by atoms with van der Waals surface area (Å²) >= 11 is 3.50. The second-order valence-electron chi connectivity index (χ2n) is 3.30. The molecule has 1 aliphatic heterocycles. The Bertz CT molecular complexity index is 475. The number of nitrogens with one attached hydrogen (secondary N) is 1. The van der Waals surface area contributed by atoms with Gasteiger partial charge in [-0.25, -0.2) is 0 Å². The molecule has 3 rings (SSSR count). The minimum Gasteiger partial charge on any atom is -0.372 e. The average molecular weight is 238 g/mol. The van der Waals surface area contributed by atoms with E-state index in [-0.39, 0.29) is 0 Å². The van der Waals surface area contributed by atoms with Gasteiger partial charge in [0.05, 0.1) is 13.2 Å². The molecule has 0 saturated heterocycles. The van der Waals surface area contributed by atoms with E-state index in [1.54, 1.807) is 0 Å². The fourth-order valence-electron chi connectivity index (χ4n) is 1.76. The zero-order valence-electron chi connectivity index (χ0n) is 6.93. The van der Waals surface area contributed by atoms with E-state index in [0.29, 0.717) is 0 Å². The highest BCUT2D eigenvalue weighted by Crippen LogP contribution is 2.29. The summed E-state index contributed by atoms with van der Waals surface area (Å²) in [5.74, 6) is 0. The van der Waals surface area contributed by atoms with Crippen LogP contribution in [0.3, 0.4) is 0 Å². The molecule has 1 aliphatic rings. The van der Waals surface area contributed by atoms with Crippen LogP contribution in [0.15, 0.2) is 22.8 Å². The minimum absolute atomic E-state index is 0.752. The van der Waals surface area contributed by atoms with Crippen LogP contribution in [0.5, 0.6) is 0 Å². The van der Waals surface area contributed by atoms with Crippen LogP contribution in [-0.4, -0.2) is 4.98 Å². The molecule has 2 aromatic rings. The summed E-state index contributed by atoms with van der Waals surface area (Å²) in [6.45, 7) is 1.50. The number of benzene rings is 1. The molecule has 0 atom stereocenters. The Kier molecular flexibility index (Phi) is 1.51. The maximum atomic E-state index is 5.37. The largest absolute Gasteiger partial charge is 0.372 e. The van der Waals surface area contributed by atoms with Crippen LogP contribution in [0.1, 0.15) is 11.1 Å². The molecular weight excluding hydrogens is 230 g/mol. The Labute approximate surface area is 84.0 Å². The first-order valence-corrected chi connectivity index (χ1v) is 5.00. The smallest absolute Gasteiger partial charge is 0.0725 e. The van der Waals surface area contributed by atoms with E-state index in [0.717, 1.165) is 17.7 Å². The highest BCUT2D eigenvalue weighted by Gasteiger charge is 2.13. The normalized spacial score (nSPS) is 15.2. The second kappa shape index (κ2) is 2.59. The van der Waals surface area contributed by atoms with Gasteiger partial charge in [-0.3, -0.25) is 0 Å². The fourth-order valence-corrected chi connectivity index (χ4v) is 2.21. The first-order chi connectivity index (χ1) is 6.34. The summed E-state index contributed by atoms with van der Waals surface area (Å²) in [4.78, 5) is 3.22. The molecule has 13 heavy (non-hydrogen) atoms. The Hall–Kier alpha value is -0.800. The second-order valence-corrected chi connectivity index (χ2v) is 4.15. The highest BCUT2D eigenvalue weighted by atomic mass is 79.9. The summed E-state index contributed by atoms with van der Waals surface area (Å²) < 4.78 is 6.49. The lowest BCUT2D eigenvalue weighted by molar-refractivity contribution is 0.134. The number of rotatable bonds is 0. The van der Waals surface area contributed by atoms with Crippen molar-refractivity contribution < 1.29 is 4.74 Å². The zero-order valence-corrected chi connectivity index (χ0v) is 8.52. The molecule has 1 aromatic carbocycles. The van der Waals surface area contributed by atoms with Gasteiger partial charge in [-0.15, -0.1) is 0 Å². The van der Waals surface area contributed by atoms with Crippen molar-refractivity contribution in [3.05, 3.63) is 33.9 Å². The third-order valence-electron chi connectivity index (χ3n) is 2.47. The molecule has 1 aromatic heterocycles. The number of halogens is 1. The molecule has 3 heteroatoms. The first-order valence-electron chi connectivity index (χ1n) is 4.21.